The van der Waals surface area contributed by atoms with Crippen LogP contribution in [0.4, 0.5) is 10.1 Å². The fraction of sp³-hybridized carbons (Fsp3) is 0.235. The zero-order valence-corrected chi connectivity index (χ0v) is 11.1. The molecule has 0 unspecified atom stereocenters. The van der Waals surface area contributed by atoms with Gasteiger partial charge in [-0.2, -0.15) is 5.26 Å². The van der Waals surface area contributed by atoms with Crippen molar-refractivity contribution in [1.29, 1.82) is 5.26 Å². The van der Waals surface area contributed by atoms with Gasteiger partial charge in [0, 0.05) is 12.2 Å². The fourth-order valence-corrected chi connectivity index (χ4v) is 2.66. The summed E-state index contributed by atoms with van der Waals surface area (Å²) >= 11 is 0. The molecule has 1 aliphatic carbocycles. The molecule has 0 aromatic heterocycles. The van der Waals surface area contributed by atoms with Crippen molar-refractivity contribution >= 4 is 5.69 Å². The maximum Gasteiger partial charge on any atom is 0.141 e. The maximum absolute atomic E-state index is 13.2. The van der Waals surface area contributed by atoms with Gasteiger partial charge in [-0.15, -0.1) is 0 Å². The van der Waals surface area contributed by atoms with E-state index in [0.717, 1.165) is 12.1 Å². The molecule has 0 aliphatic heterocycles. The van der Waals surface area contributed by atoms with Gasteiger partial charge >= 0.3 is 0 Å². The minimum absolute atomic E-state index is 0.0731. The molecule has 20 heavy (non-hydrogen) atoms. The van der Waals surface area contributed by atoms with E-state index < -0.39 is 5.82 Å². The molecule has 3 heteroatoms. The van der Waals surface area contributed by atoms with Crippen LogP contribution in [-0.4, -0.2) is 0 Å². The van der Waals surface area contributed by atoms with E-state index in [1.54, 1.807) is 12.1 Å². The van der Waals surface area contributed by atoms with Gasteiger partial charge in [-0.1, -0.05) is 18.2 Å². The molecule has 2 aromatic rings. The third kappa shape index (κ3) is 2.50. The second-order valence-corrected chi connectivity index (χ2v) is 5.12. The van der Waals surface area contributed by atoms with Crippen molar-refractivity contribution < 1.29 is 4.39 Å². The summed E-state index contributed by atoms with van der Waals surface area (Å²) in [5, 5.41) is 12.1. The van der Waals surface area contributed by atoms with E-state index >= 15 is 0 Å². The first kappa shape index (κ1) is 12.7. The van der Waals surface area contributed by atoms with Gasteiger partial charge in [-0.25, -0.2) is 4.39 Å². The van der Waals surface area contributed by atoms with E-state index in [1.165, 1.54) is 35.6 Å². The summed E-state index contributed by atoms with van der Waals surface area (Å²) in [4.78, 5) is 0. The Bertz CT molecular complexity index is 686. The van der Waals surface area contributed by atoms with Crippen molar-refractivity contribution in [2.75, 3.05) is 5.32 Å². The van der Waals surface area contributed by atoms with Crippen molar-refractivity contribution in [3.05, 3.63) is 64.5 Å². The van der Waals surface area contributed by atoms with E-state index in [4.69, 9.17) is 5.26 Å². The molecule has 2 aromatic carbocycles. The molecule has 0 spiro atoms. The van der Waals surface area contributed by atoms with Crippen molar-refractivity contribution in [3.8, 4) is 6.07 Å². The first-order valence-electron chi connectivity index (χ1n) is 6.80. The Morgan fingerprint density at radius 2 is 1.95 bits per heavy atom. The van der Waals surface area contributed by atoms with Gasteiger partial charge in [0.2, 0.25) is 0 Å². The number of halogens is 1. The summed E-state index contributed by atoms with van der Waals surface area (Å²) in [6.45, 7) is 0.684. The summed E-state index contributed by atoms with van der Waals surface area (Å²) in [6, 6.07) is 12.9. The predicted molar refractivity (Wildman–Crippen MR) is 76.9 cm³/mol. The first-order valence-corrected chi connectivity index (χ1v) is 6.80. The number of anilines is 1. The lowest BCUT2D eigenvalue weighted by Gasteiger charge is -2.09. The van der Waals surface area contributed by atoms with Gasteiger partial charge < -0.3 is 5.32 Å². The highest BCUT2D eigenvalue weighted by atomic mass is 19.1. The normalized spacial score (nSPS) is 12.8. The topological polar surface area (TPSA) is 35.8 Å². The quantitative estimate of drug-likeness (QED) is 0.917. The lowest BCUT2D eigenvalue weighted by atomic mass is 10.1. The molecule has 0 saturated carbocycles. The second kappa shape index (κ2) is 5.34. The van der Waals surface area contributed by atoms with Crippen LogP contribution in [0.25, 0.3) is 0 Å². The Balaban J connectivity index is 1.72. The lowest BCUT2D eigenvalue weighted by molar-refractivity contribution is 0.624. The zero-order chi connectivity index (χ0) is 13.9. The Kier molecular flexibility index (Phi) is 3.39. The smallest absolute Gasteiger partial charge is 0.141 e. The van der Waals surface area contributed by atoms with Crippen LogP contribution in [0, 0.1) is 17.1 Å². The molecule has 0 saturated heterocycles. The van der Waals surface area contributed by atoms with Gasteiger partial charge in [0.1, 0.15) is 11.9 Å². The van der Waals surface area contributed by atoms with Gasteiger partial charge in [-0.3, -0.25) is 0 Å². The zero-order valence-electron chi connectivity index (χ0n) is 11.1. The highest BCUT2D eigenvalue weighted by Gasteiger charge is 2.10. The lowest BCUT2D eigenvalue weighted by Crippen LogP contribution is -2.01. The Morgan fingerprint density at radius 1 is 1.10 bits per heavy atom. The largest absolute Gasteiger partial charge is 0.381 e. The summed E-state index contributed by atoms with van der Waals surface area (Å²) in [5.74, 6) is -0.476. The van der Waals surface area contributed by atoms with Crippen LogP contribution in [0.1, 0.15) is 28.7 Å². The van der Waals surface area contributed by atoms with Crippen LogP contribution in [0.3, 0.4) is 0 Å². The number of hydrogen-bond donors (Lipinski definition) is 1. The van der Waals surface area contributed by atoms with Crippen molar-refractivity contribution in [2.45, 2.75) is 25.8 Å². The number of hydrogen-bond acceptors (Lipinski definition) is 2. The van der Waals surface area contributed by atoms with E-state index in [2.05, 4.69) is 23.5 Å². The van der Waals surface area contributed by atoms with Crippen LogP contribution in [-0.2, 0) is 19.4 Å². The predicted octanol–water partition coefficient (Wildman–Crippen LogP) is 3.80. The van der Waals surface area contributed by atoms with Crippen molar-refractivity contribution in [3.63, 3.8) is 0 Å². The summed E-state index contributed by atoms with van der Waals surface area (Å²) in [5.41, 5.74) is 4.96. The molecular weight excluding hydrogens is 251 g/mol. The monoisotopic (exact) mass is 266 g/mol. The fourth-order valence-electron chi connectivity index (χ4n) is 2.66. The highest BCUT2D eigenvalue weighted by Crippen LogP contribution is 2.23. The molecule has 0 bridgehead atoms. The Labute approximate surface area is 117 Å². The molecule has 1 aliphatic rings. The van der Waals surface area contributed by atoms with E-state index in [1.807, 2.05) is 6.07 Å². The minimum Gasteiger partial charge on any atom is -0.381 e. The molecule has 1 N–H and O–H groups in total. The maximum atomic E-state index is 13.2. The molecule has 0 atom stereocenters. The molecule has 0 radical (unpaired) electrons. The van der Waals surface area contributed by atoms with Crippen LogP contribution >= 0.6 is 0 Å². The highest BCUT2D eigenvalue weighted by molar-refractivity contribution is 5.50. The van der Waals surface area contributed by atoms with Gasteiger partial charge in [0.15, 0.2) is 0 Å². The third-order valence-electron chi connectivity index (χ3n) is 3.75. The number of nitrogens with one attached hydrogen (secondary N) is 1. The van der Waals surface area contributed by atoms with Crippen LogP contribution in [0.2, 0.25) is 0 Å². The number of fused-ring (bicyclic) bond motifs is 1. The van der Waals surface area contributed by atoms with E-state index in [9.17, 15) is 4.39 Å². The third-order valence-corrected chi connectivity index (χ3v) is 3.75. The SMILES string of the molecule is N#Cc1cc(NCc2ccc3c(c2)CCC3)ccc1F. The summed E-state index contributed by atoms with van der Waals surface area (Å²) in [6.07, 6.45) is 3.60. The molecular formula is C17H15FN2. The summed E-state index contributed by atoms with van der Waals surface area (Å²) in [7, 11) is 0. The number of nitrogens with zero attached hydrogens (tertiary/aromatic N) is 1. The molecule has 2 nitrogen and oxygen atoms in total. The van der Waals surface area contributed by atoms with Crippen molar-refractivity contribution in [1.82, 2.24) is 0 Å². The number of nitriles is 1. The van der Waals surface area contributed by atoms with Crippen LogP contribution in [0.15, 0.2) is 36.4 Å². The van der Waals surface area contributed by atoms with Gasteiger partial charge in [0.05, 0.1) is 5.56 Å². The van der Waals surface area contributed by atoms with E-state index in [-0.39, 0.29) is 5.56 Å². The Morgan fingerprint density at radius 3 is 2.80 bits per heavy atom. The number of rotatable bonds is 3. The Hall–Kier alpha value is -2.34. The standard InChI is InChI=1S/C17H15FN2/c18-17-7-6-16(9-15(17)10-19)20-11-12-4-5-13-2-1-3-14(13)8-12/h4-9,20H,1-3,11H2. The molecule has 100 valence electrons. The molecule has 3 rings (SSSR count). The first-order chi connectivity index (χ1) is 9.76. The minimum atomic E-state index is -0.476. The average Bonchev–Trinajstić information content (AvgIpc) is 2.94. The summed E-state index contributed by atoms with van der Waals surface area (Å²) < 4.78 is 13.2. The van der Waals surface area contributed by atoms with Crippen molar-refractivity contribution in [2.24, 2.45) is 0 Å². The van der Waals surface area contributed by atoms with Gasteiger partial charge in [-0.05, 0) is 54.2 Å². The average molecular weight is 266 g/mol. The number of aryl methyl sites for hydroxylation is 2. The second-order valence-electron chi connectivity index (χ2n) is 5.12. The van der Waals surface area contributed by atoms with Gasteiger partial charge in [0.25, 0.3) is 0 Å². The number of benzene rings is 2. The molecule has 0 amide bonds. The molecule has 0 heterocycles. The van der Waals surface area contributed by atoms with Crippen LogP contribution in [0.5, 0.6) is 0 Å². The molecule has 0 fully saturated rings. The van der Waals surface area contributed by atoms with Crippen LogP contribution < -0.4 is 5.32 Å². The van der Waals surface area contributed by atoms with E-state index in [0.29, 0.717) is 6.54 Å².